The van der Waals surface area contributed by atoms with Gasteiger partial charge >= 0.3 is 0 Å². The van der Waals surface area contributed by atoms with E-state index in [2.05, 4.69) is 37.5 Å². The maximum absolute atomic E-state index is 5.82. The van der Waals surface area contributed by atoms with Crippen LogP contribution >= 0.6 is 0 Å². The molecule has 0 heterocycles. The van der Waals surface area contributed by atoms with Crippen molar-refractivity contribution < 1.29 is 0 Å². The number of rotatable bonds is 3. The molecule has 17 heavy (non-hydrogen) atoms. The first kappa shape index (κ1) is 11.2. The highest BCUT2D eigenvalue weighted by atomic mass is 15.2. The summed E-state index contributed by atoms with van der Waals surface area (Å²) in [6.45, 7) is 4.40. The van der Waals surface area contributed by atoms with E-state index in [9.17, 15) is 0 Å². The van der Waals surface area contributed by atoms with Crippen LogP contribution in [0.5, 0.6) is 0 Å². The Labute approximate surface area is 104 Å². The molecule has 2 saturated carbocycles. The van der Waals surface area contributed by atoms with Gasteiger partial charge in [-0.25, -0.2) is 0 Å². The number of hydrogen-bond donors (Lipinski definition) is 2. The van der Waals surface area contributed by atoms with Gasteiger partial charge in [0.1, 0.15) is 0 Å². The predicted molar refractivity (Wildman–Crippen MR) is 70.3 cm³/mol. The smallest absolute Gasteiger partial charge is 0.0496 e. The van der Waals surface area contributed by atoms with Gasteiger partial charge in [0.05, 0.1) is 0 Å². The van der Waals surface area contributed by atoms with Gasteiger partial charge in [0.25, 0.3) is 0 Å². The normalized spacial score (nSPS) is 32.3. The largest absolute Gasteiger partial charge is 0.271 e. The number of fused-ring (bicyclic) bond motifs is 1. The third-order valence-corrected chi connectivity index (χ3v) is 5.02. The van der Waals surface area contributed by atoms with Gasteiger partial charge in [0.15, 0.2) is 0 Å². The lowest BCUT2D eigenvalue weighted by atomic mass is 9.92. The lowest BCUT2D eigenvalue weighted by Crippen LogP contribution is -2.31. The number of hydrazine groups is 1. The van der Waals surface area contributed by atoms with Crippen molar-refractivity contribution in [1.82, 2.24) is 5.43 Å². The summed E-state index contributed by atoms with van der Waals surface area (Å²) in [6, 6.07) is 6.94. The lowest BCUT2D eigenvalue weighted by molar-refractivity contribution is 0.423. The number of nitrogens with one attached hydrogen (secondary N) is 1. The second kappa shape index (κ2) is 4.11. The minimum atomic E-state index is 0.366. The molecule has 0 aromatic heterocycles. The maximum atomic E-state index is 5.82. The maximum Gasteiger partial charge on any atom is 0.0496 e. The average molecular weight is 230 g/mol. The van der Waals surface area contributed by atoms with E-state index in [4.69, 9.17) is 5.84 Å². The molecule has 0 saturated heterocycles. The van der Waals surface area contributed by atoms with Crippen LogP contribution in [0.3, 0.4) is 0 Å². The SMILES string of the molecule is Cc1cccc(C(NN)C2C3CCCC32)c1C. The molecule has 0 spiro atoms. The first-order valence-electron chi connectivity index (χ1n) is 6.76. The van der Waals surface area contributed by atoms with Gasteiger partial charge in [-0.2, -0.15) is 0 Å². The van der Waals surface area contributed by atoms with Crippen LogP contribution in [-0.4, -0.2) is 0 Å². The fourth-order valence-electron chi connectivity index (χ4n) is 3.89. The summed E-state index contributed by atoms with van der Waals surface area (Å²) in [6.07, 6.45) is 4.26. The molecule has 1 aromatic carbocycles. The van der Waals surface area contributed by atoms with Gasteiger partial charge in [-0.15, -0.1) is 0 Å². The lowest BCUT2D eigenvalue weighted by Gasteiger charge is -2.21. The van der Waals surface area contributed by atoms with Crippen molar-refractivity contribution in [2.75, 3.05) is 0 Å². The zero-order chi connectivity index (χ0) is 12.0. The van der Waals surface area contributed by atoms with Crippen molar-refractivity contribution in [3.63, 3.8) is 0 Å². The molecule has 0 bridgehead atoms. The molecule has 3 rings (SSSR count). The summed E-state index contributed by atoms with van der Waals surface area (Å²) in [5, 5.41) is 0. The summed E-state index contributed by atoms with van der Waals surface area (Å²) in [5.41, 5.74) is 7.26. The molecule has 3 unspecified atom stereocenters. The summed E-state index contributed by atoms with van der Waals surface area (Å²) in [4.78, 5) is 0. The van der Waals surface area contributed by atoms with E-state index < -0.39 is 0 Å². The molecule has 2 heteroatoms. The zero-order valence-electron chi connectivity index (χ0n) is 10.7. The Balaban J connectivity index is 1.88. The summed E-state index contributed by atoms with van der Waals surface area (Å²) in [5.74, 6) is 8.49. The first-order valence-corrected chi connectivity index (χ1v) is 6.76. The number of nitrogens with two attached hydrogens (primary N) is 1. The molecule has 2 fully saturated rings. The first-order chi connectivity index (χ1) is 8.24. The van der Waals surface area contributed by atoms with Crippen LogP contribution in [0.2, 0.25) is 0 Å². The third kappa shape index (κ3) is 1.71. The van der Waals surface area contributed by atoms with Crippen LogP contribution in [-0.2, 0) is 0 Å². The molecule has 0 amide bonds. The summed E-state index contributed by atoms with van der Waals surface area (Å²) < 4.78 is 0. The molecular formula is C15H22N2. The van der Waals surface area contributed by atoms with Crippen molar-refractivity contribution in [1.29, 1.82) is 0 Å². The Morgan fingerprint density at radius 3 is 2.59 bits per heavy atom. The quantitative estimate of drug-likeness (QED) is 0.619. The van der Waals surface area contributed by atoms with Gasteiger partial charge in [-0.05, 0) is 61.1 Å². The van der Waals surface area contributed by atoms with Crippen molar-refractivity contribution in [2.24, 2.45) is 23.6 Å². The van der Waals surface area contributed by atoms with Gasteiger partial charge < -0.3 is 0 Å². The third-order valence-electron chi connectivity index (χ3n) is 5.02. The van der Waals surface area contributed by atoms with E-state index >= 15 is 0 Å². The standard InChI is InChI=1S/C15H22N2/c1-9-5-3-6-11(10(9)2)15(17-16)14-12-7-4-8-13(12)14/h3,5-6,12-15,17H,4,7-8,16H2,1-2H3. The van der Waals surface area contributed by atoms with Crippen molar-refractivity contribution in [2.45, 2.75) is 39.2 Å². The van der Waals surface area contributed by atoms with Crippen LogP contribution < -0.4 is 11.3 Å². The Bertz CT molecular complexity index is 417. The number of benzene rings is 1. The Morgan fingerprint density at radius 1 is 1.24 bits per heavy atom. The van der Waals surface area contributed by atoms with E-state index in [0.29, 0.717) is 6.04 Å². The Hall–Kier alpha value is -0.860. The minimum Gasteiger partial charge on any atom is -0.271 e. The fourth-order valence-corrected chi connectivity index (χ4v) is 3.89. The van der Waals surface area contributed by atoms with Gasteiger partial charge in [-0.1, -0.05) is 24.6 Å². The number of hydrogen-bond acceptors (Lipinski definition) is 2. The average Bonchev–Trinajstić information content (AvgIpc) is 2.80. The van der Waals surface area contributed by atoms with Crippen LogP contribution in [0.4, 0.5) is 0 Å². The number of aryl methyl sites for hydroxylation is 1. The van der Waals surface area contributed by atoms with Gasteiger partial charge in [0.2, 0.25) is 0 Å². The van der Waals surface area contributed by atoms with Gasteiger partial charge in [-0.3, -0.25) is 11.3 Å². The minimum absolute atomic E-state index is 0.366. The highest BCUT2D eigenvalue weighted by molar-refractivity contribution is 5.37. The molecule has 2 aliphatic rings. The summed E-state index contributed by atoms with van der Waals surface area (Å²) in [7, 11) is 0. The second-order valence-electron chi connectivity index (χ2n) is 5.77. The molecule has 92 valence electrons. The molecule has 0 radical (unpaired) electrons. The molecule has 0 aliphatic heterocycles. The van der Waals surface area contributed by atoms with Crippen molar-refractivity contribution in [3.05, 3.63) is 34.9 Å². The molecule has 3 atom stereocenters. The van der Waals surface area contributed by atoms with E-state index in [1.54, 1.807) is 0 Å². The highest BCUT2D eigenvalue weighted by Crippen LogP contribution is 2.62. The van der Waals surface area contributed by atoms with E-state index in [1.165, 1.54) is 36.0 Å². The molecule has 1 aromatic rings. The van der Waals surface area contributed by atoms with Crippen molar-refractivity contribution >= 4 is 0 Å². The fraction of sp³-hybridized carbons (Fsp3) is 0.600. The second-order valence-corrected chi connectivity index (χ2v) is 5.77. The van der Waals surface area contributed by atoms with E-state index in [0.717, 1.165) is 17.8 Å². The van der Waals surface area contributed by atoms with Crippen molar-refractivity contribution in [3.8, 4) is 0 Å². The predicted octanol–water partition coefficient (Wildman–Crippen LogP) is 2.85. The van der Waals surface area contributed by atoms with E-state index in [-0.39, 0.29) is 0 Å². The van der Waals surface area contributed by atoms with Gasteiger partial charge in [0, 0.05) is 6.04 Å². The molecule has 3 N–H and O–H groups in total. The van der Waals surface area contributed by atoms with Crippen LogP contribution in [0.15, 0.2) is 18.2 Å². The molecular weight excluding hydrogens is 208 g/mol. The summed E-state index contributed by atoms with van der Waals surface area (Å²) >= 11 is 0. The van der Waals surface area contributed by atoms with Crippen LogP contribution in [0, 0.1) is 31.6 Å². The topological polar surface area (TPSA) is 38.0 Å². The monoisotopic (exact) mass is 230 g/mol. The Morgan fingerprint density at radius 2 is 1.94 bits per heavy atom. The van der Waals surface area contributed by atoms with E-state index in [1.807, 2.05) is 0 Å². The van der Waals surface area contributed by atoms with Crippen LogP contribution in [0.25, 0.3) is 0 Å². The zero-order valence-corrected chi connectivity index (χ0v) is 10.7. The molecule has 2 aliphatic carbocycles. The van der Waals surface area contributed by atoms with Crippen LogP contribution in [0.1, 0.15) is 42.0 Å². The highest BCUT2D eigenvalue weighted by Gasteiger charge is 2.56. The Kier molecular flexibility index (Phi) is 2.72. The molecule has 2 nitrogen and oxygen atoms in total.